The molecule has 1 aliphatic carbocycles. The number of nitrogens with zero attached hydrogens (tertiary/aromatic N) is 1. The second-order valence-electron chi connectivity index (χ2n) is 5.14. The molecule has 0 radical (unpaired) electrons. The third-order valence-corrected chi connectivity index (χ3v) is 5.26. The summed E-state index contributed by atoms with van der Waals surface area (Å²) in [5.74, 6) is 0.662. The number of anilines is 1. The molecule has 0 aromatic heterocycles. The number of nitrogens with one attached hydrogen (secondary N) is 1. The monoisotopic (exact) mass is 283 g/mol. The maximum Gasteiger partial charge on any atom is 0.242 e. The zero-order valence-electron chi connectivity index (χ0n) is 11.3. The molecule has 0 saturated heterocycles. The minimum Gasteiger partial charge on any atom is -0.381 e. The van der Waals surface area contributed by atoms with Crippen LogP contribution in [0.25, 0.3) is 0 Å². The number of hydrogen-bond acceptors (Lipinski definition) is 4. The van der Waals surface area contributed by atoms with E-state index in [1.165, 1.54) is 31.2 Å². The molecule has 0 aliphatic heterocycles. The first-order valence-electron chi connectivity index (χ1n) is 6.44. The van der Waals surface area contributed by atoms with Crippen LogP contribution in [0.5, 0.6) is 0 Å². The summed E-state index contributed by atoms with van der Waals surface area (Å²) in [6.45, 7) is 0.600. The molecule has 1 aliphatic rings. The minimum atomic E-state index is -3.35. The van der Waals surface area contributed by atoms with Crippen molar-refractivity contribution >= 4 is 15.7 Å². The Morgan fingerprint density at radius 1 is 1.32 bits per heavy atom. The fourth-order valence-electron chi connectivity index (χ4n) is 2.02. The van der Waals surface area contributed by atoms with E-state index in [0.29, 0.717) is 17.4 Å². The summed E-state index contributed by atoms with van der Waals surface area (Å²) < 4.78 is 25.1. The van der Waals surface area contributed by atoms with Gasteiger partial charge in [-0.3, -0.25) is 0 Å². The zero-order chi connectivity index (χ0) is 14.0. The van der Waals surface area contributed by atoms with Crippen LogP contribution in [0.15, 0.2) is 29.2 Å². The van der Waals surface area contributed by atoms with Gasteiger partial charge in [0.25, 0.3) is 0 Å². The van der Waals surface area contributed by atoms with Gasteiger partial charge in [0.2, 0.25) is 10.0 Å². The van der Waals surface area contributed by atoms with E-state index >= 15 is 0 Å². The Bertz CT molecular complexity index is 521. The Morgan fingerprint density at radius 2 is 1.89 bits per heavy atom. The predicted molar refractivity (Wildman–Crippen MR) is 76.5 cm³/mol. The standard InChI is InChI=1S/C13H21N3O2S/c1-16(2)19(17,18)12-7-5-11(6-8-12)15-13(9-14)10-3-4-10/h5-8,10,13,15H,3-4,9,14H2,1-2H3. The normalized spacial score (nSPS) is 17.5. The van der Waals surface area contributed by atoms with E-state index in [-0.39, 0.29) is 6.04 Å². The van der Waals surface area contributed by atoms with Crippen LogP contribution in [0.1, 0.15) is 12.8 Å². The highest BCUT2D eigenvalue weighted by atomic mass is 32.2. The maximum atomic E-state index is 11.9. The first-order valence-corrected chi connectivity index (χ1v) is 7.88. The van der Waals surface area contributed by atoms with Crippen molar-refractivity contribution in [2.24, 2.45) is 11.7 Å². The summed E-state index contributed by atoms with van der Waals surface area (Å²) >= 11 is 0. The number of nitrogens with two attached hydrogens (primary N) is 1. The van der Waals surface area contributed by atoms with Crippen molar-refractivity contribution < 1.29 is 8.42 Å². The third kappa shape index (κ3) is 3.26. The molecule has 5 nitrogen and oxygen atoms in total. The number of rotatable bonds is 6. The number of sulfonamides is 1. The molecule has 1 unspecified atom stereocenters. The van der Waals surface area contributed by atoms with Gasteiger partial charge >= 0.3 is 0 Å². The lowest BCUT2D eigenvalue weighted by Crippen LogP contribution is -2.30. The predicted octanol–water partition coefficient (Wildman–Crippen LogP) is 1.09. The van der Waals surface area contributed by atoms with Gasteiger partial charge in [-0.05, 0) is 43.0 Å². The molecule has 0 bridgehead atoms. The third-order valence-electron chi connectivity index (χ3n) is 3.43. The van der Waals surface area contributed by atoms with Gasteiger partial charge in [0.1, 0.15) is 0 Å². The average molecular weight is 283 g/mol. The molecule has 1 saturated carbocycles. The van der Waals surface area contributed by atoms with Gasteiger partial charge in [-0.2, -0.15) is 0 Å². The van der Waals surface area contributed by atoms with E-state index in [1.807, 2.05) is 0 Å². The molecule has 106 valence electrons. The molecule has 1 aromatic carbocycles. The number of hydrogen-bond donors (Lipinski definition) is 2. The fraction of sp³-hybridized carbons (Fsp3) is 0.538. The topological polar surface area (TPSA) is 75.4 Å². The molecular weight excluding hydrogens is 262 g/mol. The lowest BCUT2D eigenvalue weighted by atomic mass is 10.1. The molecule has 0 spiro atoms. The van der Waals surface area contributed by atoms with E-state index < -0.39 is 10.0 Å². The molecule has 1 aromatic rings. The maximum absolute atomic E-state index is 11.9. The Labute approximate surface area is 114 Å². The quantitative estimate of drug-likeness (QED) is 0.819. The Hall–Kier alpha value is -1.11. The minimum absolute atomic E-state index is 0.288. The molecular formula is C13H21N3O2S. The van der Waals surface area contributed by atoms with Gasteiger partial charge in [-0.1, -0.05) is 0 Å². The van der Waals surface area contributed by atoms with Crippen LogP contribution in [0, 0.1) is 5.92 Å². The van der Waals surface area contributed by atoms with Gasteiger partial charge in [0, 0.05) is 32.4 Å². The Balaban J connectivity index is 2.10. The first-order chi connectivity index (χ1) is 8.95. The highest BCUT2D eigenvalue weighted by Gasteiger charge is 2.30. The molecule has 19 heavy (non-hydrogen) atoms. The van der Waals surface area contributed by atoms with Crippen LogP contribution in [-0.2, 0) is 10.0 Å². The lowest BCUT2D eigenvalue weighted by Gasteiger charge is -2.18. The molecule has 1 atom stereocenters. The smallest absolute Gasteiger partial charge is 0.242 e. The Morgan fingerprint density at radius 3 is 2.32 bits per heavy atom. The van der Waals surface area contributed by atoms with Gasteiger partial charge in [0.05, 0.1) is 4.90 Å². The Kier molecular flexibility index (Phi) is 4.13. The fourth-order valence-corrected chi connectivity index (χ4v) is 2.92. The van der Waals surface area contributed by atoms with Crippen molar-refractivity contribution in [1.29, 1.82) is 0 Å². The highest BCUT2D eigenvalue weighted by molar-refractivity contribution is 7.89. The largest absolute Gasteiger partial charge is 0.381 e. The summed E-state index contributed by atoms with van der Waals surface area (Å²) in [6, 6.07) is 7.12. The average Bonchev–Trinajstić information content (AvgIpc) is 3.20. The lowest BCUT2D eigenvalue weighted by molar-refractivity contribution is 0.521. The van der Waals surface area contributed by atoms with E-state index in [4.69, 9.17) is 5.73 Å². The van der Waals surface area contributed by atoms with E-state index in [9.17, 15) is 8.42 Å². The summed E-state index contributed by atoms with van der Waals surface area (Å²) in [4.78, 5) is 0.304. The highest BCUT2D eigenvalue weighted by Crippen LogP contribution is 2.33. The summed E-state index contributed by atoms with van der Waals surface area (Å²) in [6.07, 6.45) is 2.45. The SMILES string of the molecule is CN(C)S(=O)(=O)c1ccc(NC(CN)C2CC2)cc1. The summed E-state index contributed by atoms with van der Waals surface area (Å²) in [5.41, 5.74) is 6.65. The second kappa shape index (κ2) is 5.48. The van der Waals surface area contributed by atoms with Crippen molar-refractivity contribution in [3.05, 3.63) is 24.3 Å². The van der Waals surface area contributed by atoms with Crippen LogP contribution in [0.2, 0.25) is 0 Å². The van der Waals surface area contributed by atoms with Crippen molar-refractivity contribution in [3.8, 4) is 0 Å². The molecule has 3 N–H and O–H groups in total. The molecule has 0 amide bonds. The van der Waals surface area contributed by atoms with Crippen LogP contribution in [-0.4, -0.2) is 39.4 Å². The first kappa shape index (κ1) is 14.3. The molecule has 6 heteroatoms. The zero-order valence-corrected chi connectivity index (χ0v) is 12.2. The van der Waals surface area contributed by atoms with Crippen molar-refractivity contribution in [3.63, 3.8) is 0 Å². The van der Waals surface area contributed by atoms with Gasteiger partial charge in [-0.15, -0.1) is 0 Å². The van der Waals surface area contributed by atoms with Crippen LogP contribution >= 0.6 is 0 Å². The van der Waals surface area contributed by atoms with Crippen molar-refractivity contribution in [1.82, 2.24) is 4.31 Å². The van der Waals surface area contributed by atoms with Crippen molar-refractivity contribution in [2.45, 2.75) is 23.8 Å². The van der Waals surface area contributed by atoms with Gasteiger partial charge < -0.3 is 11.1 Å². The van der Waals surface area contributed by atoms with E-state index in [2.05, 4.69) is 5.32 Å². The summed E-state index contributed by atoms with van der Waals surface area (Å²) in [7, 11) is -0.297. The van der Waals surface area contributed by atoms with E-state index in [0.717, 1.165) is 5.69 Å². The van der Waals surface area contributed by atoms with E-state index in [1.54, 1.807) is 24.3 Å². The molecule has 2 rings (SSSR count). The van der Waals surface area contributed by atoms with Crippen LogP contribution in [0.3, 0.4) is 0 Å². The van der Waals surface area contributed by atoms with Crippen molar-refractivity contribution in [2.75, 3.05) is 26.0 Å². The van der Waals surface area contributed by atoms with Crippen LogP contribution in [0.4, 0.5) is 5.69 Å². The van der Waals surface area contributed by atoms with Gasteiger partial charge in [-0.25, -0.2) is 12.7 Å². The van der Waals surface area contributed by atoms with Gasteiger partial charge in [0.15, 0.2) is 0 Å². The number of benzene rings is 1. The molecule has 0 heterocycles. The second-order valence-corrected chi connectivity index (χ2v) is 7.29. The van der Waals surface area contributed by atoms with Crippen LogP contribution < -0.4 is 11.1 Å². The molecule has 1 fully saturated rings. The summed E-state index contributed by atoms with van der Waals surface area (Å²) in [5, 5.41) is 3.37.